The molecule has 0 unspecified atom stereocenters. The average Bonchev–Trinajstić information content (AvgIpc) is 1.57. The highest BCUT2D eigenvalue weighted by Gasteiger charge is 2.39. The van der Waals surface area contributed by atoms with Gasteiger partial charge in [0.05, 0.1) is 50.1 Å². The summed E-state index contributed by atoms with van der Waals surface area (Å²) >= 11 is 1.83. The molecule has 1 aliphatic carbocycles. The van der Waals surface area contributed by atoms with E-state index in [9.17, 15) is 0 Å². The minimum Gasteiger partial charge on any atom is -0.464 e. The largest absolute Gasteiger partial charge is 0.464 e. The van der Waals surface area contributed by atoms with Crippen LogP contribution in [0.4, 0.5) is 0 Å². The fraction of sp³-hybridized carbons (Fsp3) is 0.345. The van der Waals surface area contributed by atoms with Crippen LogP contribution in [0.5, 0.6) is 0 Å². The quantitative estimate of drug-likeness (QED) is 0.110. The lowest BCUT2D eigenvalue weighted by Gasteiger charge is -2.33. The van der Waals surface area contributed by atoms with Gasteiger partial charge in [-0.05, 0) is 285 Å². The first-order valence-corrected chi connectivity index (χ1v) is 60.8. The van der Waals surface area contributed by atoms with E-state index in [2.05, 4.69) is 371 Å². The van der Waals surface area contributed by atoms with E-state index in [-0.39, 0.29) is 5.41 Å². The molecule has 10 heteroatoms. The monoisotopic (exact) mass is 1700 g/mol. The zero-order valence-electron chi connectivity index (χ0n) is 76.8. The molecule has 0 atom stereocenters. The maximum Gasteiger partial charge on any atom is 0.220 e. The van der Waals surface area contributed by atoms with E-state index >= 15 is 0 Å². The normalized spacial score (nSPS) is 17.5. The highest BCUT2D eigenvalue weighted by atomic mass is 32.1. The number of aromatic nitrogens is 4. The number of pyridine rings is 4. The van der Waals surface area contributed by atoms with Crippen LogP contribution in [0.3, 0.4) is 0 Å². The van der Waals surface area contributed by atoms with E-state index in [4.69, 9.17) is 4.42 Å². The Morgan fingerprint density at radius 2 is 0.642 bits per heavy atom. The van der Waals surface area contributed by atoms with Crippen LogP contribution in [0.25, 0.3) is 131 Å². The van der Waals surface area contributed by atoms with Crippen molar-refractivity contribution in [3.63, 3.8) is 0 Å². The van der Waals surface area contributed by atoms with Gasteiger partial charge in [0.2, 0.25) is 22.8 Å². The minimum absolute atomic E-state index is 0.0166. The predicted octanol–water partition coefficient (Wildman–Crippen LogP) is 30.3. The maximum atomic E-state index is 5.70. The molecule has 0 saturated carbocycles. The molecule has 0 bridgehead atoms. The Balaban J connectivity index is 0.000000112. The summed E-state index contributed by atoms with van der Waals surface area (Å²) in [6, 6.07) is 90.6. The molecule has 10 heterocycles. The molecule has 0 N–H and O–H groups in total. The Labute approximate surface area is 741 Å². The molecular weight excluding hydrogens is 1570 g/mol. The van der Waals surface area contributed by atoms with Gasteiger partial charge in [0.15, 0.2) is 24.8 Å². The zero-order valence-corrected chi connectivity index (χ0v) is 81.6. The fourth-order valence-corrected chi connectivity index (χ4v) is 33.2. The van der Waals surface area contributed by atoms with Gasteiger partial charge in [0.25, 0.3) is 0 Å². The summed E-state index contributed by atoms with van der Waals surface area (Å²) in [6.07, 6.45) is 21.7. The lowest BCUT2D eigenvalue weighted by Crippen LogP contribution is -2.31. The van der Waals surface area contributed by atoms with Gasteiger partial charge in [0, 0.05) is 72.1 Å². The number of benzene rings is 10. The SMILES string of the molecule is Cc1cc2c(cc1-c1c3ccc(C4CC[Si](C)(C)CC4)cc3cc[n+]1C)C(C)(C)c1ccccc1-2.Cc1cc2ccccc2cc1-c1c2ccc(C3CC[Si](C)(C)CC3)cc2cc[n+]1C.Cc1cc2ccoc2cc1-c1c2ccc(C3CC[Si](C)(C)CC3)cc2cc[n+]1C.Cc1cc2ccsc2cc1-c1c2ccc(C3CC[Si](C)(C)CC3)cc2cc[n+]1C. The third kappa shape index (κ3) is 17.0. The Kier molecular flexibility index (Phi) is 22.9. The maximum absolute atomic E-state index is 5.70. The van der Waals surface area contributed by atoms with Crippen LogP contribution in [0, 0.1) is 27.7 Å². The second kappa shape index (κ2) is 33.4. The molecule has 4 fully saturated rings. The molecule has 5 aliphatic rings. The Morgan fingerprint density at radius 3 is 1.06 bits per heavy atom. The summed E-state index contributed by atoms with van der Waals surface area (Å²) in [6.45, 7) is 34.2. The van der Waals surface area contributed by atoms with Gasteiger partial charge in [-0.2, -0.15) is 0 Å². The van der Waals surface area contributed by atoms with Gasteiger partial charge in [-0.1, -0.05) is 224 Å². The van der Waals surface area contributed by atoms with Crippen molar-refractivity contribution in [2.75, 3.05) is 0 Å². The molecule has 5 nitrogen and oxygen atoms in total. The number of hydrogen-bond donors (Lipinski definition) is 0. The van der Waals surface area contributed by atoms with Crippen LogP contribution in [-0.2, 0) is 33.6 Å². The summed E-state index contributed by atoms with van der Waals surface area (Å²) in [4.78, 5) is 0. The topological polar surface area (TPSA) is 28.7 Å². The molecule has 123 heavy (non-hydrogen) atoms. The first-order valence-electron chi connectivity index (χ1n) is 46.3. The first kappa shape index (κ1) is 84.3. The van der Waals surface area contributed by atoms with Crippen LogP contribution in [0.15, 0.2) is 247 Å². The van der Waals surface area contributed by atoms with E-state index in [0.29, 0.717) is 0 Å². The van der Waals surface area contributed by atoms with Crippen molar-refractivity contribution in [2.24, 2.45) is 28.2 Å². The van der Waals surface area contributed by atoms with E-state index in [1.54, 1.807) is 23.0 Å². The van der Waals surface area contributed by atoms with Gasteiger partial charge in [-0.25, -0.2) is 18.3 Å². The van der Waals surface area contributed by atoms with Crippen LogP contribution in [-0.4, -0.2) is 32.3 Å². The smallest absolute Gasteiger partial charge is 0.220 e. The molecule has 4 saturated heterocycles. The van der Waals surface area contributed by atoms with Crippen molar-refractivity contribution in [2.45, 2.75) is 223 Å². The third-order valence-corrected chi connectivity index (χ3v) is 44.5. The summed E-state index contributed by atoms with van der Waals surface area (Å²) < 4.78 is 16.2. The Bertz CT molecular complexity index is 6560. The van der Waals surface area contributed by atoms with E-state index in [1.165, 1.54) is 264 Å². The third-order valence-electron chi connectivity index (χ3n) is 30.5. The number of fused-ring (bicyclic) bond motifs is 10. The van der Waals surface area contributed by atoms with Gasteiger partial charge in [0.1, 0.15) is 33.8 Å². The molecule has 0 amide bonds. The molecule has 16 aromatic rings. The number of thiophene rings is 1. The number of hydrogen-bond acceptors (Lipinski definition) is 2. The van der Waals surface area contributed by atoms with E-state index in [0.717, 1.165) is 29.3 Å². The van der Waals surface area contributed by atoms with Crippen molar-refractivity contribution in [1.29, 1.82) is 0 Å². The molecule has 0 radical (unpaired) electrons. The number of furan rings is 1. The van der Waals surface area contributed by atoms with E-state index in [1.807, 2.05) is 17.4 Å². The summed E-state index contributed by atoms with van der Waals surface area (Å²) in [7, 11) is 5.02. The number of nitrogens with zero attached hydrogens (tertiary/aromatic N) is 4. The molecular formula is C113H130N4OSSi4+4. The molecule has 21 rings (SSSR count). The molecule has 6 aromatic heterocycles. The molecule has 0 spiro atoms. The molecule has 626 valence electrons. The van der Waals surface area contributed by atoms with Gasteiger partial charge >= 0.3 is 0 Å². The molecule has 4 aliphatic heterocycles. The second-order valence-electron chi connectivity index (χ2n) is 41.9. The second-order valence-corrected chi connectivity index (χ2v) is 64.2. The lowest BCUT2D eigenvalue weighted by molar-refractivity contribution is -0.659. The van der Waals surface area contributed by atoms with Gasteiger partial charge < -0.3 is 4.42 Å². The first-order chi connectivity index (χ1) is 58.9. The van der Waals surface area contributed by atoms with Crippen molar-refractivity contribution in [1.82, 2.24) is 0 Å². The standard InChI is InChI=1S/C33H38NSi.C28H32NSi.C26H30NOSi.C26H30NSSi/c1-22-19-29-27-9-7-8-10-30(27)33(2,3)31(29)21-28(22)32-26-12-11-24(20-25(26)13-16-34(32)4)23-14-17-35(5,6)18-15-23;1-20-17-22-7-5-6-8-23(22)19-27(20)28-26-10-9-24(18-25(26)11-14-29(28)2)21-12-15-30(3,4)16-13-21;2*1-18-15-22-8-12-28-25(22)17-24(18)26-23-6-5-20(16-21(23)7-11-27(26)2)19-9-13-29(3,4)14-10-19/h7-13,16,19-21,23H,14-15,17-18H2,1-6H3;5-11,14,17-19,21H,12-13,15-16H2,1-4H3;2*5-8,11-12,15-17,19H,9-10,13-14H2,1-4H3/q4*+1. The van der Waals surface area contributed by atoms with Crippen LogP contribution < -0.4 is 18.3 Å². The minimum atomic E-state index is -0.933. The van der Waals surface area contributed by atoms with Crippen LogP contribution >= 0.6 is 11.3 Å². The Hall–Kier alpha value is -9.53. The Morgan fingerprint density at radius 1 is 0.301 bits per heavy atom. The summed E-state index contributed by atoms with van der Waals surface area (Å²) in [5, 5.41) is 18.2. The summed E-state index contributed by atoms with van der Waals surface area (Å²) in [5.41, 5.74) is 28.7. The van der Waals surface area contributed by atoms with Crippen molar-refractivity contribution in [3.05, 3.63) is 298 Å². The molecule has 10 aromatic carbocycles. The van der Waals surface area contributed by atoms with Crippen LogP contribution in [0.1, 0.15) is 145 Å². The average molecular weight is 1700 g/mol. The van der Waals surface area contributed by atoms with Crippen molar-refractivity contribution < 1.29 is 22.7 Å². The predicted molar refractivity (Wildman–Crippen MR) is 538 cm³/mol. The van der Waals surface area contributed by atoms with Gasteiger partial charge in [-0.15, -0.1) is 11.3 Å². The number of aryl methyl sites for hydroxylation is 8. The van der Waals surface area contributed by atoms with Crippen molar-refractivity contribution in [3.8, 4) is 56.2 Å². The van der Waals surface area contributed by atoms with Crippen LogP contribution in [0.2, 0.25) is 101 Å². The van der Waals surface area contributed by atoms with E-state index < -0.39 is 32.3 Å². The van der Waals surface area contributed by atoms with Crippen molar-refractivity contribution >= 4 is 119 Å². The number of rotatable bonds is 8. The highest BCUT2D eigenvalue weighted by molar-refractivity contribution is 7.17. The highest BCUT2D eigenvalue weighted by Crippen LogP contribution is 2.52. The summed E-state index contributed by atoms with van der Waals surface area (Å²) in [5.74, 6) is 2.97. The zero-order chi connectivity index (χ0) is 85.8. The van der Waals surface area contributed by atoms with Gasteiger partial charge in [-0.3, -0.25) is 0 Å². The lowest BCUT2D eigenvalue weighted by atomic mass is 9.81. The fourth-order valence-electron chi connectivity index (χ4n) is 22.3.